The van der Waals surface area contributed by atoms with Gasteiger partial charge in [0.15, 0.2) is 11.5 Å². The molecule has 0 amide bonds. The number of hydrogen-bond acceptors (Lipinski definition) is 7. The van der Waals surface area contributed by atoms with E-state index in [9.17, 15) is 0 Å². The van der Waals surface area contributed by atoms with Crippen LogP contribution in [0.2, 0.25) is 0 Å². The average molecular weight is 396 g/mol. The van der Waals surface area contributed by atoms with E-state index in [4.69, 9.17) is 23.5 Å². The van der Waals surface area contributed by atoms with Gasteiger partial charge in [0.25, 0.3) is 0 Å². The van der Waals surface area contributed by atoms with Gasteiger partial charge >= 0.3 is 0 Å². The van der Waals surface area contributed by atoms with E-state index in [-0.39, 0.29) is 0 Å². The molecule has 152 valence electrons. The van der Waals surface area contributed by atoms with Crippen molar-refractivity contribution in [3.63, 3.8) is 0 Å². The molecule has 7 nitrogen and oxygen atoms in total. The number of benzene rings is 2. The maximum atomic E-state index is 6.29. The number of rotatable bonds is 5. The summed E-state index contributed by atoms with van der Waals surface area (Å²) in [7, 11) is 4.89. The molecule has 0 fully saturated rings. The van der Waals surface area contributed by atoms with Crippen LogP contribution < -0.4 is 18.9 Å². The lowest BCUT2D eigenvalue weighted by molar-refractivity contribution is 0.227. The Hall–Kier alpha value is -3.19. The molecule has 0 bridgehead atoms. The number of aromatic nitrogens is 1. The molecule has 2 heterocycles. The van der Waals surface area contributed by atoms with Crippen LogP contribution in [0.25, 0.3) is 0 Å². The maximum Gasteiger partial charge on any atom is 0.164 e. The molecule has 0 spiro atoms. The first-order valence-corrected chi connectivity index (χ1v) is 9.34. The second-order valence-corrected chi connectivity index (χ2v) is 6.96. The summed E-state index contributed by atoms with van der Waals surface area (Å²) in [5.74, 6) is 4.29. The summed E-state index contributed by atoms with van der Waals surface area (Å²) >= 11 is 0. The summed E-state index contributed by atoms with van der Waals surface area (Å²) in [6, 6.07) is 11.7. The Labute approximate surface area is 169 Å². The van der Waals surface area contributed by atoms with Crippen molar-refractivity contribution in [2.45, 2.75) is 26.6 Å². The number of nitrogens with zero attached hydrogens (tertiary/aromatic N) is 2. The predicted molar refractivity (Wildman–Crippen MR) is 107 cm³/mol. The monoisotopic (exact) mass is 396 g/mol. The topological polar surface area (TPSA) is 66.2 Å². The molecular formula is C22H24N2O5. The Morgan fingerprint density at radius 2 is 1.62 bits per heavy atom. The highest BCUT2D eigenvalue weighted by Crippen LogP contribution is 2.41. The molecule has 3 aromatic rings. The lowest BCUT2D eigenvalue weighted by Crippen LogP contribution is -2.24. The second-order valence-electron chi connectivity index (χ2n) is 6.96. The summed E-state index contributed by atoms with van der Waals surface area (Å²) in [6.45, 7) is 3.90. The predicted octanol–water partition coefficient (Wildman–Crippen LogP) is 4.32. The molecule has 0 radical (unpaired) electrons. The normalized spacial score (nSPS) is 13.5. The van der Waals surface area contributed by atoms with Gasteiger partial charge in [-0.2, -0.15) is 0 Å². The van der Waals surface area contributed by atoms with Crippen LogP contribution in [0.4, 0.5) is 0 Å². The van der Waals surface area contributed by atoms with Crippen molar-refractivity contribution in [1.82, 2.24) is 10.1 Å². The molecule has 4 rings (SSSR count). The minimum absolute atomic E-state index is 0.620. The number of hydrogen-bond donors (Lipinski definition) is 0. The van der Waals surface area contributed by atoms with Crippen LogP contribution in [0, 0.1) is 6.92 Å². The number of methoxy groups -OCH3 is 3. The van der Waals surface area contributed by atoms with E-state index >= 15 is 0 Å². The van der Waals surface area contributed by atoms with Gasteiger partial charge in [0, 0.05) is 49.0 Å². The molecule has 0 unspecified atom stereocenters. The standard InChI is InChI=1S/C22H24N2O5/c1-14-7-17(23-29-14)13-24-11-15-5-6-18(25-2)9-19(15)28-20-10-22(27-4)21(26-3)8-16(20)12-24/h5-10H,11-13H2,1-4H3. The molecule has 0 saturated carbocycles. The number of aryl methyl sites for hydroxylation is 1. The Bertz CT molecular complexity index is 1010. The van der Waals surface area contributed by atoms with Crippen molar-refractivity contribution in [2.24, 2.45) is 0 Å². The summed E-state index contributed by atoms with van der Waals surface area (Å²) < 4.78 is 27.9. The van der Waals surface area contributed by atoms with Crippen molar-refractivity contribution in [1.29, 1.82) is 0 Å². The summed E-state index contributed by atoms with van der Waals surface area (Å²) in [6.07, 6.45) is 0. The molecule has 0 atom stereocenters. The highest BCUT2D eigenvalue weighted by molar-refractivity contribution is 5.53. The fraction of sp³-hybridized carbons (Fsp3) is 0.318. The zero-order chi connectivity index (χ0) is 20.4. The van der Waals surface area contributed by atoms with Crippen molar-refractivity contribution >= 4 is 0 Å². The number of fused-ring (bicyclic) bond motifs is 2. The molecule has 2 aromatic carbocycles. The van der Waals surface area contributed by atoms with Gasteiger partial charge in [-0.05, 0) is 19.1 Å². The van der Waals surface area contributed by atoms with Crippen LogP contribution in [-0.2, 0) is 19.6 Å². The van der Waals surface area contributed by atoms with Gasteiger partial charge in [0.1, 0.15) is 23.0 Å². The van der Waals surface area contributed by atoms with E-state index in [2.05, 4.69) is 10.1 Å². The Balaban J connectivity index is 1.78. The van der Waals surface area contributed by atoms with Crippen molar-refractivity contribution < 1.29 is 23.5 Å². The average Bonchev–Trinajstić information content (AvgIpc) is 3.13. The third-order valence-electron chi connectivity index (χ3n) is 4.91. The Kier molecular flexibility index (Phi) is 5.31. The summed E-state index contributed by atoms with van der Waals surface area (Å²) in [5.41, 5.74) is 2.95. The highest BCUT2D eigenvalue weighted by Gasteiger charge is 2.22. The zero-order valence-electron chi connectivity index (χ0n) is 17.0. The lowest BCUT2D eigenvalue weighted by Gasteiger charge is -2.28. The fourth-order valence-corrected chi connectivity index (χ4v) is 3.50. The molecule has 1 aliphatic heterocycles. The lowest BCUT2D eigenvalue weighted by atomic mass is 10.1. The highest BCUT2D eigenvalue weighted by atomic mass is 16.5. The summed E-state index contributed by atoms with van der Waals surface area (Å²) in [5, 5.41) is 4.15. The third kappa shape index (κ3) is 4.00. The van der Waals surface area contributed by atoms with Gasteiger partial charge in [-0.25, -0.2) is 0 Å². The molecule has 1 aliphatic rings. The minimum atomic E-state index is 0.620. The fourth-order valence-electron chi connectivity index (χ4n) is 3.50. The molecule has 0 N–H and O–H groups in total. The van der Waals surface area contributed by atoms with E-state index in [0.29, 0.717) is 31.1 Å². The van der Waals surface area contributed by atoms with Crippen LogP contribution in [0.3, 0.4) is 0 Å². The second kappa shape index (κ2) is 8.05. The van der Waals surface area contributed by atoms with E-state index in [1.807, 2.05) is 43.3 Å². The molecule has 0 aliphatic carbocycles. The van der Waals surface area contributed by atoms with Crippen molar-refractivity contribution in [3.8, 4) is 28.7 Å². The van der Waals surface area contributed by atoms with E-state index in [1.165, 1.54) is 0 Å². The quantitative estimate of drug-likeness (QED) is 0.636. The van der Waals surface area contributed by atoms with Gasteiger partial charge in [0.2, 0.25) is 0 Å². The Morgan fingerprint density at radius 1 is 0.897 bits per heavy atom. The van der Waals surface area contributed by atoms with E-state index in [1.54, 1.807) is 21.3 Å². The van der Waals surface area contributed by atoms with Gasteiger partial charge in [-0.3, -0.25) is 4.90 Å². The van der Waals surface area contributed by atoms with Gasteiger partial charge < -0.3 is 23.5 Å². The largest absolute Gasteiger partial charge is 0.497 e. The van der Waals surface area contributed by atoms with E-state index in [0.717, 1.165) is 39.8 Å². The van der Waals surface area contributed by atoms with Gasteiger partial charge in [-0.1, -0.05) is 11.2 Å². The van der Waals surface area contributed by atoms with Gasteiger partial charge in [-0.15, -0.1) is 0 Å². The van der Waals surface area contributed by atoms with Crippen LogP contribution in [0.1, 0.15) is 22.6 Å². The summed E-state index contributed by atoms with van der Waals surface area (Å²) in [4.78, 5) is 2.29. The maximum absolute atomic E-state index is 6.29. The minimum Gasteiger partial charge on any atom is -0.497 e. The van der Waals surface area contributed by atoms with Crippen LogP contribution in [-0.4, -0.2) is 31.4 Å². The number of ether oxygens (including phenoxy) is 4. The first-order valence-electron chi connectivity index (χ1n) is 9.34. The van der Waals surface area contributed by atoms with Crippen molar-refractivity contribution in [2.75, 3.05) is 21.3 Å². The van der Waals surface area contributed by atoms with Crippen LogP contribution in [0.5, 0.6) is 28.7 Å². The van der Waals surface area contributed by atoms with E-state index < -0.39 is 0 Å². The van der Waals surface area contributed by atoms with Crippen LogP contribution >= 0.6 is 0 Å². The molecule has 29 heavy (non-hydrogen) atoms. The van der Waals surface area contributed by atoms with Crippen molar-refractivity contribution in [3.05, 3.63) is 59.0 Å². The smallest absolute Gasteiger partial charge is 0.164 e. The molecular weight excluding hydrogens is 372 g/mol. The molecule has 0 saturated heterocycles. The molecule has 7 heteroatoms. The Morgan fingerprint density at radius 3 is 2.31 bits per heavy atom. The first kappa shape index (κ1) is 19.1. The molecule has 1 aromatic heterocycles. The third-order valence-corrected chi connectivity index (χ3v) is 4.91. The van der Waals surface area contributed by atoms with Gasteiger partial charge in [0.05, 0.1) is 27.0 Å². The zero-order valence-corrected chi connectivity index (χ0v) is 17.0. The SMILES string of the molecule is COc1ccc2c(c1)Oc1cc(OC)c(OC)cc1CN(Cc1cc(C)on1)C2. The van der Waals surface area contributed by atoms with Crippen LogP contribution in [0.15, 0.2) is 40.9 Å². The first-order chi connectivity index (χ1) is 14.1.